The number of anilines is 1. The summed E-state index contributed by atoms with van der Waals surface area (Å²) < 4.78 is 5.24. The highest BCUT2D eigenvalue weighted by Gasteiger charge is 2.02. The fourth-order valence-electron chi connectivity index (χ4n) is 1.99. The van der Waals surface area contributed by atoms with Crippen molar-refractivity contribution in [3.63, 3.8) is 0 Å². The molecule has 124 valence electrons. The molecule has 0 unspecified atom stereocenters. The van der Waals surface area contributed by atoms with Gasteiger partial charge in [0.05, 0.1) is 12.8 Å². The van der Waals surface area contributed by atoms with Crippen LogP contribution in [0.25, 0.3) is 0 Å². The first-order valence-corrected chi connectivity index (χ1v) is 7.49. The molecule has 0 saturated carbocycles. The molecule has 2 rings (SSSR count). The Hall–Kier alpha value is -1.18. The lowest BCUT2D eigenvalue weighted by molar-refractivity contribution is 0.417. The summed E-state index contributed by atoms with van der Waals surface area (Å²) in [6.07, 6.45) is 0.703. The Morgan fingerprint density at radius 2 is 1.83 bits per heavy atom. The van der Waals surface area contributed by atoms with Crippen LogP contribution in [0.2, 0.25) is 10.0 Å². The average Bonchev–Trinajstić information content (AvgIpc) is 2.46. The number of halogens is 3. The lowest BCUT2D eigenvalue weighted by Gasteiger charge is -2.10. The van der Waals surface area contributed by atoms with Crippen LogP contribution in [0.3, 0.4) is 0 Å². The molecule has 0 saturated heterocycles. The van der Waals surface area contributed by atoms with Gasteiger partial charge in [-0.15, -0.1) is 24.0 Å². The van der Waals surface area contributed by atoms with Gasteiger partial charge < -0.3 is 15.8 Å². The Balaban J connectivity index is 0.00000264. The van der Waals surface area contributed by atoms with Gasteiger partial charge in [0, 0.05) is 16.6 Å². The van der Waals surface area contributed by atoms with Crippen molar-refractivity contribution in [1.29, 1.82) is 0 Å². The minimum absolute atomic E-state index is 0. The number of para-hydroxylation sites is 2. The smallest absolute Gasteiger partial charge is 0.193 e. The lowest BCUT2D eigenvalue weighted by Crippen LogP contribution is -2.23. The van der Waals surface area contributed by atoms with Gasteiger partial charge in [0.25, 0.3) is 0 Å². The molecule has 2 aromatic rings. The van der Waals surface area contributed by atoms with E-state index in [9.17, 15) is 0 Å². The second-order valence-electron chi connectivity index (χ2n) is 4.62. The van der Waals surface area contributed by atoms with Crippen molar-refractivity contribution >= 4 is 58.8 Å². The van der Waals surface area contributed by atoms with Crippen molar-refractivity contribution in [3.8, 4) is 5.75 Å². The molecular weight excluding hydrogens is 448 g/mol. The van der Waals surface area contributed by atoms with Crippen molar-refractivity contribution in [2.24, 2.45) is 10.7 Å². The molecule has 0 aromatic heterocycles. The van der Waals surface area contributed by atoms with E-state index in [1.165, 1.54) is 0 Å². The first kappa shape index (κ1) is 19.9. The van der Waals surface area contributed by atoms with Gasteiger partial charge in [-0.1, -0.05) is 35.3 Å². The van der Waals surface area contributed by atoms with E-state index in [2.05, 4.69) is 10.3 Å². The van der Waals surface area contributed by atoms with E-state index >= 15 is 0 Å². The van der Waals surface area contributed by atoms with Crippen molar-refractivity contribution in [1.82, 2.24) is 0 Å². The number of guanidine groups is 1. The molecule has 0 fully saturated rings. The van der Waals surface area contributed by atoms with Gasteiger partial charge >= 0.3 is 0 Å². The summed E-state index contributed by atoms with van der Waals surface area (Å²) in [5.41, 5.74) is 7.68. The second-order valence-corrected chi connectivity index (χ2v) is 5.49. The summed E-state index contributed by atoms with van der Waals surface area (Å²) in [5.74, 6) is 1.04. The zero-order valence-corrected chi connectivity index (χ0v) is 16.4. The number of rotatable bonds is 5. The summed E-state index contributed by atoms with van der Waals surface area (Å²) in [7, 11) is 1.61. The summed E-state index contributed by atoms with van der Waals surface area (Å²) >= 11 is 11.9. The van der Waals surface area contributed by atoms with Crippen LogP contribution in [0.1, 0.15) is 5.56 Å². The van der Waals surface area contributed by atoms with Crippen molar-refractivity contribution in [2.45, 2.75) is 6.42 Å². The molecule has 0 amide bonds. The quantitative estimate of drug-likeness (QED) is 0.385. The SMILES string of the molecule is COc1ccccc1NC(N)=NCCc1cc(Cl)cc(Cl)c1.I. The first-order valence-electron chi connectivity index (χ1n) is 6.73. The summed E-state index contributed by atoms with van der Waals surface area (Å²) in [4.78, 5) is 4.29. The molecule has 0 aliphatic rings. The molecule has 23 heavy (non-hydrogen) atoms. The number of hydrogen-bond acceptors (Lipinski definition) is 2. The van der Waals surface area contributed by atoms with Gasteiger partial charge in [0.1, 0.15) is 5.75 Å². The summed E-state index contributed by atoms with van der Waals surface area (Å²) in [6, 6.07) is 12.9. The van der Waals surface area contributed by atoms with Crippen molar-refractivity contribution < 1.29 is 4.74 Å². The number of nitrogens with zero attached hydrogens (tertiary/aromatic N) is 1. The number of nitrogens with two attached hydrogens (primary N) is 1. The van der Waals surface area contributed by atoms with Crippen LogP contribution in [-0.2, 0) is 6.42 Å². The molecule has 0 aliphatic carbocycles. The minimum Gasteiger partial charge on any atom is -0.495 e. The van der Waals surface area contributed by atoms with Crippen molar-refractivity contribution in [3.05, 3.63) is 58.1 Å². The monoisotopic (exact) mass is 465 g/mol. The largest absolute Gasteiger partial charge is 0.495 e. The van der Waals surface area contributed by atoms with Gasteiger partial charge in [-0.2, -0.15) is 0 Å². The van der Waals surface area contributed by atoms with E-state index in [0.717, 1.165) is 11.3 Å². The van der Waals surface area contributed by atoms with E-state index in [-0.39, 0.29) is 24.0 Å². The van der Waals surface area contributed by atoms with E-state index in [1.807, 2.05) is 36.4 Å². The van der Waals surface area contributed by atoms with Gasteiger partial charge in [0.2, 0.25) is 0 Å². The normalized spacial score (nSPS) is 10.8. The molecule has 0 bridgehead atoms. The topological polar surface area (TPSA) is 59.6 Å². The predicted octanol–water partition coefficient (Wildman–Crippen LogP) is 4.59. The minimum atomic E-state index is 0. The highest BCUT2D eigenvalue weighted by molar-refractivity contribution is 14.0. The molecule has 3 N–H and O–H groups in total. The standard InChI is InChI=1S/C16H17Cl2N3O.HI/c1-22-15-5-3-2-4-14(15)21-16(19)20-7-6-11-8-12(17)10-13(18)9-11;/h2-5,8-10H,6-7H2,1H3,(H3,19,20,21);1H. The van der Waals surface area contributed by atoms with Gasteiger partial charge in [-0.25, -0.2) is 0 Å². The van der Waals surface area contributed by atoms with Gasteiger partial charge in [0.15, 0.2) is 5.96 Å². The summed E-state index contributed by atoms with van der Waals surface area (Å²) in [6.45, 7) is 0.532. The maximum Gasteiger partial charge on any atom is 0.193 e. The zero-order chi connectivity index (χ0) is 15.9. The average molecular weight is 466 g/mol. The Labute approximate surface area is 163 Å². The predicted molar refractivity (Wildman–Crippen MR) is 109 cm³/mol. The van der Waals surface area contributed by atoms with Crippen LogP contribution in [0.15, 0.2) is 47.5 Å². The maximum absolute atomic E-state index is 5.96. The van der Waals surface area contributed by atoms with E-state index < -0.39 is 0 Å². The molecule has 7 heteroatoms. The zero-order valence-electron chi connectivity index (χ0n) is 12.6. The van der Waals surface area contributed by atoms with Gasteiger partial charge in [-0.3, -0.25) is 4.99 Å². The fraction of sp³-hybridized carbons (Fsp3) is 0.188. The molecule has 0 aliphatic heterocycles. The third-order valence-electron chi connectivity index (χ3n) is 2.97. The number of hydrogen-bond donors (Lipinski definition) is 2. The second kappa shape index (κ2) is 9.85. The molecule has 0 radical (unpaired) electrons. The fourth-order valence-corrected chi connectivity index (χ4v) is 2.56. The number of benzene rings is 2. The Morgan fingerprint density at radius 1 is 1.17 bits per heavy atom. The van der Waals surface area contributed by atoms with E-state index in [4.69, 9.17) is 33.7 Å². The Bertz CT molecular complexity index is 660. The van der Waals surface area contributed by atoms with Crippen molar-refractivity contribution in [2.75, 3.05) is 19.0 Å². The number of ether oxygens (including phenoxy) is 1. The summed E-state index contributed by atoms with van der Waals surface area (Å²) in [5, 5.41) is 4.26. The van der Waals surface area contributed by atoms with Crippen LogP contribution in [0.4, 0.5) is 5.69 Å². The molecular formula is C16H18Cl2IN3O. The highest BCUT2D eigenvalue weighted by atomic mass is 127. The Morgan fingerprint density at radius 3 is 2.48 bits per heavy atom. The third-order valence-corrected chi connectivity index (χ3v) is 3.41. The maximum atomic E-state index is 5.96. The van der Waals surface area contributed by atoms with E-state index in [1.54, 1.807) is 13.2 Å². The number of methoxy groups -OCH3 is 1. The molecule has 2 aromatic carbocycles. The van der Waals surface area contributed by atoms with Crippen LogP contribution >= 0.6 is 47.2 Å². The first-order chi connectivity index (χ1) is 10.6. The van der Waals surface area contributed by atoms with Gasteiger partial charge in [-0.05, 0) is 42.3 Å². The lowest BCUT2D eigenvalue weighted by atomic mass is 10.1. The Kier molecular flexibility index (Phi) is 8.51. The highest BCUT2D eigenvalue weighted by Crippen LogP contribution is 2.22. The van der Waals surface area contributed by atoms with Crippen LogP contribution in [-0.4, -0.2) is 19.6 Å². The number of nitrogens with one attached hydrogen (secondary N) is 1. The van der Waals surface area contributed by atoms with Crippen LogP contribution < -0.4 is 15.8 Å². The van der Waals surface area contributed by atoms with Crippen LogP contribution in [0.5, 0.6) is 5.75 Å². The number of aliphatic imine (C=N–C) groups is 1. The molecule has 0 heterocycles. The molecule has 0 atom stereocenters. The van der Waals surface area contributed by atoms with Crippen LogP contribution in [0, 0.1) is 0 Å². The molecule has 4 nitrogen and oxygen atoms in total. The van der Waals surface area contributed by atoms with E-state index in [0.29, 0.717) is 34.7 Å². The third kappa shape index (κ3) is 6.45. The molecule has 0 spiro atoms.